The molecule has 158 valence electrons. The summed E-state index contributed by atoms with van der Waals surface area (Å²) >= 11 is 1.69. The summed E-state index contributed by atoms with van der Waals surface area (Å²) in [6.07, 6.45) is 14.6. The summed E-state index contributed by atoms with van der Waals surface area (Å²) in [4.78, 5) is 23.8. The molecule has 0 aliphatic heterocycles. The Morgan fingerprint density at radius 1 is 1.00 bits per heavy atom. The minimum atomic E-state index is -0.996. The molecule has 0 saturated carbocycles. The van der Waals surface area contributed by atoms with E-state index in [-0.39, 0.29) is 17.0 Å². The molecule has 7 heteroatoms. The Bertz CT molecular complexity index is 623. The van der Waals surface area contributed by atoms with Gasteiger partial charge in [-0.15, -0.1) is 11.8 Å². The van der Waals surface area contributed by atoms with Crippen molar-refractivity contribution in [1.29, 1.82) is 0 Å². The average molecular weight is 419 g/mol. The third-order valence-electron chi connectivity index (χ3n) is 4.74. The second-order valence-corrected chi connectivity index (χ2v) is 13.0. The van der Waals surface area contributed by atoms with E-state index in [9.17, 15) is 14.7 Å². The molecular weight excluding hydrogens is 380 g/mol. The van der Waals surface area contributed by atoms with Crippen molar-refractivity contribution in [2.75, 3.05) is 24.0 Å². The molecule has 0 amide bonds. The van der Waals surface area contributed by atoms with Crippen LogP contribution in [0.1, 0.15) is 75.6 Å². The fourth-order valence-electron chi connectivity index (χ4n) is 3.06. The highest BCUT2D eigenvalue weighted by Gasteiger charge is 2.23. The molecule has 0 saturated heterocycles. The minimum Gasteiger partial charge on any atom is -0.493 e. The maximum absolute atomic E-state index is 12.5. The van der Waals surface area contributed by atoms with Gasteiger partial charge in [0.1, 0.15) is 5.56 Å². The summed E-state index contributed by atoms with van der Waals surface area (Å²) in [5.41, 5.74) is -0.479. The molecule has 1 aromatic heterocycles. The number of carbonyl (C=O) groups is 1. The summed E-state index contributed by atoms with van der Waals surface area (Å²) in [5, 5.41) is 10.5. The Morgan fingerprint density at radius 3 is 2.22 bits per heavy atom. The van der Waals surface area contributed by atoms with Crippen LogP contribution < -0.4 is 5.56 Å². The van der Waals surface area contributed by atoms with Gasteiger partial charge in [-0.2, -0.15) is 0 Å². The van der Waals surface area contributed by atoms with E-state index < -0.39 is 10.0 Å². The predicted octanol–water partition coefficient (Wildman–Crippen LogP) is 5.04. The summed E-state index contributed by atoms with van der Waals surface area (Å²) in [5.74, 6) is 3.03. The summed E-state index contributed by atoms with van der Waals surface area (Å²) in [7, 11) is -0.996. The van der Waals surface area contributed by atoms with Crippen molar-refractivity contribution >= 4 is 28.1 Å². The first-order chi connectivity index (χ1) is 12.9. The Kier molecular flexibility index (Phi) is 11.3. The van der Waals surface area contributed by atoms with E-state index in [0.717, 1.165) is 17.9 Å². The number of unbranched alkanes of at least 4 members (excludes halogenated alkanes) is 6. The highest BCUT2D eigenvalue weighted by molar-refractivity contribution is 8.31. The highest BCUT2D eigenvalue weighted by atomic mass is 32.3. The molecule has 0 aliphatic rings. The van der Waals surface area contributed by atoms with Crippen molar-refractivity contribution in [3.8, 4) is 5.88 Å². The van der Waals surface area contributed by atoms with Gasteiger partial charge in [-0.3, -0.25) is 9.59 Å². The normalized spacial score (nSPS) is 12.4. The molecule has 0 fully saturated rings. The molecule has 0 unspecified atom stereocenters. The lowest BCUT2D eigenvalue weighted by atomic mass is 10.2. The molecule has 5 nitrogen and oxygen atoms in total. The van der Waals surface area contributed by atoms with Gasteiger partial charge in [0.2, 0.25) is 5.88 Å². The van der Waals surface area contributed by atoms with Gasteiger partial charge in [-0.25, -0.2) is 19.4 Å². The van der Waals surface area contributed by atoms with Gasteiger partial charge < -0.3 is 5.11 Å². The second-order valence-electron chi connectivity index (χ2n) is 7.72. The van der Waals surface area contributed by atoms with E-state index in [2.05, 4.69) is 26.4 Å². The molecule has 27 heavy (non-hydrogen) atoms. The quantitative estimate of drug-likeness (QED) is 0.320. The van der Waals surface area contributed by atoms with Crippen molar-refractivity contribution < 1.29 is 9.90 Å². The van der Waals surface area contributed by atoms with Crippen LogP contribution in [0.15, 0.2) is 4.79 Å². The van der Waals surface area contributed by atoms with Crippen molar-refractivity contribution in [1.82, 2.24) is 9.36 Å². The number of thioether (sulfide) groups is 1. The van der Waals surface area contributed by atoms with Crippen LogP contribution in [0, 0.1) is 0 Å². The smallest absolute Gasteiger partial charge is 0.282 e. The van der Waals surface area contributed by atoms with Crippen LogP contribution >= 0.6 is 21.8 Å². The van der Waals surface area contributed by atoms with Gasteiger partial charge in [0.15, 0.2) is 6.29 Å². The van der Waals surface area contributed by atoms with Crippen LogP contribution in [0.4, 0.5) is 0 Å². The second kappa shape index (κ2) is 12.6. The minimum absolute atomic E-state index is 0.109. The van der Waals surface area contributed by atoms with Crippen molar-refractivity contribution in [2.24, 2.45) is 0 Å². The van der Waals surface area contributed by atoms with E-state index in [1.165, 1.54) is 44.9 Å². The third kappa shape index (κ3) is 7.98. The molecule has 1 rings (SSSR count). The number of nitrogens with zero attached hydrogens (tertiary/aromatic N) is 2. The van der Waals surface area contributed by atoms with E-state index in [1.807, 2.05) is 0 Å². The van der Waals surface area contributed by atoms with Crippen molar-refractivity contribution in [3.05, 3.63) is 15.9 Å². The number of rotatable bonds is 15. The van der Waals surface area contributed by atoms with Gasteiger partial charge in [-0.05, 0) is 36.9 Å². The van der Waals surface area contributed by atoms with Crippen LogP contribution in [0.2, 0.25) is 0 Å². The number of hydrogen-bond donors (Lipinski definition) is 1. The summed E-state index contributed by atoms with van der Waals surface area (Å²) in [6.45, 7) is 4.39. The molecule has 0 radical (unpaired) electrons. The Balaban J connectivity index is 2.81. The molecule has 0 atom stereocenters. The lowest BCUT2D eigenvalue weighted by molar-refractivity contribution is 0.111. The van der Waals surface area contributed by atoms with Crippen molar-refractivity contribution in [3.63, 3.8) is 0 Å². The maximum Gasteiger partial charge on any atom is 0.282 e. The zero-order valence-electron chi connectivity index (χ0n) is 17.5. The Morgan fingerprint density at radius 2 is 1.63 bits per heavy atom. The first kappa shape index (κ1) is 24.2. The predicted molar refractivity (Wildman–Crippen MR) is 121 cm³/mol. The molecule has 1 heterocycles. The Labute approximate surface area is 170 Å². The SMILES string of the molecule is CCCCCCSCn1c(=O)c(C=O)c(O)n1CS(C)(C)CCCCCC. The monoisotopic (exact) mass is 418 g/mol. The first-order valence-electron chi connectivity index (χ1n) is 10.1. The topological polar surface area (TPSA) is 64.2 Å². The number of hydrogen-bond acceptors (Lipinski definition) is 4. The zero-order valence-corrected chi connectivity index (χ0v) is 19.2. The summed E-state index contributed by atoms with van der Waals surface area (Å²) in [6, 6.07) is 0. The molecule has 0 spiro atoms. The van der Waals surface area contributed by atoms with Gasteiger partial charge in [-0.1, -0.05) is 52.4 Å². The lowest BCUT2D eigenvalue weighted by Crippen LogP contribution is -2.25. The van der Waals surface area contributed by atoms with Crippen LogP contribution in [0.25, 0.3) is 0 Å². The van der Waals surface area contributed by atoms with Crippen molar-refractivity contribution in [2.45, 2.75) is 77.0 Å². The standard InChI is InChI=1S/C20H38N2O3S2/c1-5-7-9-11-13-26-16-21-19(24)18(15-23)20(25)22(21)17-27(3,4)14-12-10-8-6-2/h15,25H,5-14,16-17H2,1-4H3. The van der Waals surface area contributed by atoms with E-state index >= 15 is 0 Å². The number of aromatic nitrogens is 2. The average Bonchev–Trinajstić information content (AvgIpc) is 2.84. The zero-order chi connectivity index (χ0) is 20.3. The highest BCUT2D eigenvalue weighted by Crippen LogP contribution is 2.43. The fraction of sp³-hybridized carbons (Fsp3) is 0.800. The van der Waals surface area contributed by atoms with Crippen LogP contribution in [0.3, 0.4) is 0 Å². The van der Waals surface area contributed by atoms with Gasteiger partial charge in [0.25, 0.3) is 5.56 Å². The van der Waals surface area contributed by atoms with E-state index in [4.69, 9.17) is 0 Å². The third-order valence-corrected chi connectivity index (χ3v) is 8.08. The van der Waals surface area contributed by atoms with Crippen LogP contribution in [-0.2, 0) is 11.8 Å². The first-order valence-corrected chi connectivity index (χ1v) is 14.1. The number of carbonyl (C=O) groups excluding carboxylic acids is 1. The number of aromatic hydroxyl groups is 1. The molecule has 1 aromatic rings. The lowest BCUT2D eigenvalue weighted by Gasteiger charge is -2.32. The number of aldehydes is 1. The molecule has 1 N–H and O–H groups in total. The van der Waals surface area contributed by atoms with Gasteiger partial charge in [0.05, 0.1) is 11.8 Å². The fourth-order valence-corrected chi connectivity index (χ4v) is 6.06. The van der Waals surface area contributed by atoms with Crippen LogP contribution in [0.5, 0.6) is 5.88 Å². The largest absolute Gasteiger partial charge is 0.493 e. The molecule has 0 bridgehead atoms. The molecule has 0 aliphatic carbocycles. The summed E-state index contributed by atoms with van der Waals surface area (Å²) < 4.78 is 3.21. The molecule has 0 aromatic carbocycles. The van der Waals surface area contributed by atoms with E-state index in [1.54, 1.807) is 21.1 Å². The van der Waals surface area contributed by atoms with Crippen LogP contribution in [-0.4, -0.2) is 44.8 Å². The van der Waals surface area contributed by atoms with Gasteiger partial charge in [0, 0.05) is 0 Å². The Hall–Kier alpha value is -0.820. The maximum atomic E-state index is 12.5. The molecular formula is C20H38N2O3S2. The van der Waals surface area contributed by atoms with E-state index in [0.29, 0.717) is 18.0 Å². The van der Waals surface area contributed by atoms with Gasteiger partial charge >= 0.3 is 0 Å².